The highest BCUT2D eigenvalue weighted by Crippen LogP contribution is 2.92. The predicted octanol–water partition coefficient (Wildman–Crippen LogP) is 9.34. The molecular formula is C52H50N4O2. The van der Waals surface area contributed by atoms with E-state index < -0.39 is 11.0 Å². The fourth-order valence-electron chi connectivity index (χ4n) is 14.0. The van der Waals surface area contributed by atoms with Crippen LogP contribution < -0.4 is 19.6 Å². The molecule has 0 amide bonds. The Balaban J connectivity index is 0.953. The van der Waals surface area contributed by atoms with Crippen LogP contribution in [-0.4, -0.2) is 58.3 Å². The maximum atomic E-state index is 14.6. The molecule has 5 heterocycles. The van der Waals surface area contributed by atoms with Crippen molar-refractivity contribution in [3.05, 3.63) is 153 Å². The average molecular weight is 763 g/mol. The van der Waals surface area contributed by atoms with Gasteiger partial charge in [0, 0.05) is 92.5 Å². The minimum absolute atomic E-state index is 0.0736. The quantitative estimate of drug-likeness (QED) is 0.147. The molecule has 4 saturated heterocycles. The van der Waals surface area contributed by atoms with Gasteiger partial charge in [-0.3, -0.25) is 0 Å². The van der Waals surface area contributed by atoms with Crippen LogP contribution in [0.15, 0.2) is 97.1 Å². The predicted molar refractivity (Wildman–Crippen MR) is 230 cm³/mol. The Labute approximate surface area is 341 Å². The third kappa shape index (κ3) is 3.76. The van der Waals surface area contributed by atoms with E-state index >= 15 is 0 Å². The zero-order valence-corrected chi connectivity index (χ0v) is 33.3. The lowest BCUT2D eigenvalue weighted by Crippen LogP contribution is -2.40. The first-order chi connectivity index (χ1) is 28.7. The van der Waals surface area contributed by atoms with E-state index in [0.29, 0.717) is 0 Å². The van der Waals surface area contributed by atoms with Gasteiger partial charge in [0.2, 0.25) is 0 Å². The summed E-state index contributed by atoms with van der Waals surface area (Å²) in [5.74, 6) is 0.191. The molecule has 5 aromatic rings. The van der Waals surface area contributed by atoms with Crippen LogP contribution in [0.3, 0.4) is 0 Å². The monoisotopic (exact) mass is 762 g/mol. The first-order valence-corrected chi connectivity index (χ1v) is 22.6. The topological polar surface area (TPSA) is 39.3 Å². The molecule has 0 radical (unpaired) electrons. The smallest absolute Gasteiger partial charge is 0.339 e. The van der Waals surface area contributed by atoms with E-state index in [1.54, 1.807) is 0 Å². The molecule has 6 nitrogen and oxygen atoms in total. The van der Waals surface area contributed by atoms with Gasteiger partial charge in [0.25, 0.3) is 0 Å². The summed E-state index contributed by atoms with van der Waals surface area (Å²) in [6.07, 6.45) is 10.1. The maximum Gasteiger partial charge on any atom is 0.339 e. The van der Waals surface area contributed by atoms with Crippen LogP contribution in [0, 0.1) is 0 Å². The van der Waals surface area contributed by atoms with E-state index in [4.69, 9.17) is 4.74 Å². The van der Waals surface area contributed by atoms with Gasteiger partial charge in [0.05, 0.1) is 16.4 Å². The van der Waals surface area contributed by atoms with Gasteiger partial charge >= 0.3 is 5.97 Å². The fourth-order valence-corrected chi connectivity index (χ4v) is 14.0. The lowest BCUT2D eigenvalue weighted by Gasteiger charge is -2.45. The average Bonchev–Trinajstić information content (AvgIpc) is 3.92. The minimum atomic E-state index is -0.661. The summed E-state index contributed by atoms with van der Waals surface area (Å²) in [6, 6.07) is 38.2. The normalized spacial score (nSPS) is 26.9. The summed E-state index contributed by atoms with van der Waals surface area (Å²) in [4.78, 5) is 24.7. The first kappa shape index (κ1) is 32.7. The van der Waals surface area contributed by atoms with Crippen molar-refractivity contribution in [2.45, 2.75) is 79.6 Å². The van der Waals surface area contributed by atoms with Gasteiger partial charge in [-0.05, 0) is 144 Å². The molecule has 4 aliphatic carbocycles. The van der Waals surface area contributed by atoms with Gasteiger partial charge in [-0.25, -0.2) is 4.79 Å². The molecule has 3 unspecified atom stereocenters. The number of hydrogen-bond acceptors (Lipinski definition) is 6. The Bertz CT molecular complexity index is 2420. The summed E-state index contributed by atoms with van der Waals surface area (Å²) in [7, 11) is 0. The van der Waals surface area contributed by atoms with Crippen molar-refractivity contribution in [2.24, 2.45) is 0 Å². The number of fused-ring (bicyclic) bond motifs is 4. The second-order valence-corrected chi connectivity index (χ2v) is 18.9. The lowest BCUT2D eigenvalue weighted by atomic mass is 9.56. The highest BCUT2D eigenvalue weighted by atomic mass is 16.6. The number of esters is 1. The second-order valence-electron chi connectivity index (χ2n) is 18.9. The molecular weight excluding hydrogens is 713 g/mol. The van der Waals surface area contributed by atoms with Gasteiger partial charge in [0.15, 0.2) is 5.60 Å². The lowest BCUT2D eigenvalue weighted by molar-refractivity contribution is 0.0210. The molecule has 5 aliphatic heterocycles. The Morgan fingerprint density at radius 2 is 0.793 bits per heavy atom. The van der Waals surface area contributed by atoms with E-state index in [2.05, 4.69) is 117 Å². The van der Waals surface area contributed by atoms with Crippen molar-refractivity contribution in [3.63, 3.8) is 0 Å². The van der Waals surface area contributed by atoms with Gasteiger partial charge in [0.1, 0.15) is 0 Å². The number of carbonyl (C=O) groups is 1. The van der Waals surface area contributed by atoms with Crippen LogP contribution >= 0.6 is 0 Å². The highest BCUT2D eigenvalue weighted by molar-refractivity contribution is 6.09. The summed E-state index contributed by atoms with van der Waals surface area (Å²) < 4.78 is 6.90. The number of carbonyl (C=O) groups excluding carboxylic acids is 1. The molecule has 14 rings (SSSR count). The molecule has 1 spiro atoms. The van der Waals surface area contributed by atoms with Crippen molar-refractivity contribution < 1.29 is 9.53 Å². The van der Waals surface area contributed by atoms with E-state index in [0.717, 1.165) is 57.9 Å². The Morgan fingerprint density at radius 1 is 0.431 bits per heavy atom. The SMILES string of the molecule is O=C1OC23c4c1c1c5c(c4C2C3(c2ccc(N3CCCC3)cc2)c2ccc(N3CCCC3)cc2)C(c2ccc(N3CCCC3)cc2)(c2ccc(N3CCCC3)cc2)C15. The van der Waals surface area contributed by atoms with Crippen LogP contribution in [0.2, 0.25) is 0 Å². The third-order valence-corrected chi connectivity index (χ3v) is 16.6. The molecule has 1 saturated carbocycles. The van der Waals surface area contributed by atoms with Gasteiger partial charge in [-0.15, -0.1) is 0 Å². The molecule has 290 valence electrons. The van der Waals surface area contributed by atoms with Crippen LogP contribution in [0.4, 0.5) is 22.7 Å². The molecule has 0 bridgehead atoms. The summed E-state index contributed by atoms with van der Waals surface area (Å²) in [5, 5.41) is 0. The summed E-state index contributed by atoms with van der Waals surface area (Å²) in [6.45, 7) is 9.04. The molecule has 9 aliphatic rings. The van der Waals surface area contributed by atoms with Crippen LogP contribution in [0.5, 0.6) is 0 Å². The number of benzene rings is 5. The standard InChI is InChI=1S/C52H50N4O2/c57-49-43-41-42-45(41)50(33-9-17-37(18-10-33)53-25-1-2-26-53,34-11-19-38(20-12-34)54-27-3-4-28-54)46(42)44-47(43)52(58-49)48(44)51(52,35-13-21-39(22-14-35)55-29-5-6-30-55)36-15-23-40(24-16-36)56-31-7-8-32-56/h9-24,45,48H,1-8,25-32H2. The number of nitrogens with zero attached hydrogens (tertiary/aromatic N) is 4. The van der Waals surface area contributed by atoms with Crippen molar-refractivity contribution in [1.29, 1.82) is 0 Å². The van der Waals surface area contributed by atoms with Crippen molar-refractivity contribution in [3.8, 4) is 0 Å². The number of hydrogen-bond donors (Lipinski definition) is 0. The minimum Gasteiger partial charge on any atom is -0.448 e. The van der Waals surface area contributed by atoms with E-state index in [-0.39, 0.29) is 23.2 Å². The second kappa shape index (κ2) is 11.3. The molecule has 6 heteroatoms. The molecule has 58 heavy (non-hydrogen) atoms. The Morgan fingerprint density at radius 3 is 1.17 bits per heavy atom. The first-order valence-electron chi connectivity index (χ1n) is 22.6. The summed E-state index contributed by atoms with van der Waals surface area (Å²) >= 11 is 0. The number of ether oxygens (including phenoxy) is 1. The largest absolute Gasteiger partial charge is 0.448 e. The van der Waals surface area contributed by atoms with Crippen LogP contribution in [-0.2, 0) is 21.2 Å². The zero-order chi connectivity index (χ0) is 38.0. The van der Waals surface area contributed by atoms with Crippen LogP contribution in [0.25, 0.3) is 0 Å². The molecule has 0 N–H and O–H groups in total. The van der Waals surface area contributed by atoms with Gasteiger partial charge in [-0.1, -0.05) is 48.5 Å². The Hall–Kier alpha value is -5.23. The van der Waals surface area contributed by atoms with Gasteiger partial charge < -0.3 is 24.3 Å². The molecule has 5 aromatic carbocycles. The fraction of sp³-hybridized carbons (Fsp3) is 0.404. The maximum absolute atomic E-state index is 14.6. The van der Waals surface area contributed by atoms with E-state index in [9.17, 15) is 4.79 Å². The molecule has 3 atom stereocenters. The van der Waals surface area contributed by atoms with E-state index in [1.807, 2.05) is 0 Å². The van der Waals surface area contributed by atoms with Crippen molar-refractivity contribution in [1.82, 2.24) is 0 Å². The summed E-state index contributed by atoms with van der Waals surface area (Å²) in [5.41, 5.74) is 16.8. The highest BCUT2D eigenvalue weighted by Gasteiger charge is 2.93. The van der Waals surface area contributed by atoms with Gasteiger partial charge in [-0.2, -0.15) is 0 Å². The van der Waals surface area contributed by atoms with E-state index in [1.165, 1.54) is 124 Å². The van der Waals surface area contributed by atoms with Crippen molar-refractivity contribution in [2.75, 3.05) is 72.0 Å². The zero-order valence-electron chi connectivity index (χ0n) is 33.3. The van der Waals surface area contributed by atoms with Crippen molar-refractivity contribution >= 4 is 28.7 Å². The van der Waals surface area contributed by atoms with Crippen LogP contribution in [0.1, 0.15) is 124 Å². The number of rotatable bonds is 8. The third-order valence-electron chi connectivity index (χ3n) is 16.6. The number of anilines is 4. The molecule has 5 fully saturated rings. The molecule has 0 aromatic heterocycles. The Kier molecular flexibility index (Phi) is 6.36.